The van der Waals surface area contributed by atoms with Gasteiger partial charge in [-0.3, -0.25) is 0 Å². The highest BCUT2D eigenvalue weighted by molar-refractivity contribution is 7.98. The zero-order valence-electron chi connectivity index (χ0n) is 13.9. The van der Waals surface area contributed by atoms with Gasteiger partial charge >= 0.3 is 0 Å². The molecule has 0 spiro atoms. The van der Waals surface area contributed by atoms with Gasteiger partial charge in [0.25, 0.3) is 0 Å². The molecule has 122 valence electrons. The Kier molecular flexibility index (Phi) is 4.41. The van der Waals surface area contributed by atoms with E-state index < -0.39 is 0 Å². The average Bonchev–Trinajstić information content (AvgIpc) is 2.60. The van der Waals surface area contributed by atoms with Crippen LogP contribution in [0.5, 0.6) is 5.75 Å². The molecule has 0 bridgehead atoms. The molecule has 0 fully saturated rings. The molecule has 2 aromatic carbocycles. The van der Waals surface area contributed by atoms with Gasteiger partial charge in [-0.2, -0.15) is 5.26 Å². The SMILES string of the molecule is CSc1ccc(C2C(C#N)=C(N)Oc3cc(N(C)C)ccc32)cc1. The summed E-state index contributed by atoms with van der Waals surface area (Å²) in [5.74, 6) is 0.683. The van der Waals surface area contributed by atoms with Crippen molar-refractivity contribution >= 4 is 17.4 Å². The summed E-state index contributed by atoms with van der Waals surface area (Å²) < 4.78 is 5.73. The molecule has 3 rings (SSSR count). The minimum Gasteiger partial charge on any atom is -0.440 e. The van der Waals surface area contributed by atoms with Crippen molar-refractivity contribution < 1.29 is 4.74 Å². The third-order valence-corrected chi connectivity index (χ3v) is 4.91. The summed E-state index contributed by atoms with van der Waals surface area (Å²) in [4.78, 5) is 3.19. The summed E-state index contributed by atoms with van der Waals surface area (Å²) in [5.41, 5.74) is 9.51. The van der Waals surface area contributed by atoms with Gasteiger partial charge in [-0.15, -0.1) is 11.8 Å². The van der Waals surface area contributed by atoms with E-state index in [1.165, 1.54) is 4.90 Å². The Balaban J connectivity index is 2.14. The van der Waals surface area contributed by atoms with Crippen molar-refractivity contribution in [2.24, 2.45) is 5.73 Å². The molecule has 0 saturated heterocycles. The maximum absolute atomic E-state index is 9.58. The molecule has 2 aromatic rings. The summed E-state index contributed by atoms with van der Waals surface area (Å²) in [6.07, 6.45) is 2.04. The van der Waals surface area contributed by atoms with Crippen LogP contribution in [-0.4, -0.2) is 20.4 Å². The van der Waals surface area contributed by atoms with Crippen molar-refractivity contribution in [1.82, 2.24) is 0 Å². The number of nitrogens with two attached hydrogens (primary N) is 1. The van der Waals surface area contributed by atoms with Crippen LogP contribution in [0.2, 0.25) is 0 Å². The summed E-state index contributed by atoms with van der Waals surface area (Å²) in [6.45, 7) is 0. The first kappa shape index (κ1) is 16.3. The molecule has 0 aromatic heterocycles. The molecule has 1 aliphatic rings. The fraction of sp³-hybridized carbons (Fsp3) is 0.211. The van der Waals surface area contributed by atoms with Gasteiger partial charge in [0.05, 0.1) is 5.92 Å². The van der Waals surface area contributed by atoms with E-state index in [9.17, 15) is 5.26 Å². The highest BCUT2D eigenvalue weighted by Gasteiger charge is 2.30. The first-order chi connectivity index (χ1) is 11.5. The second-order valence-electron chi connectivity index (χ2n) is 5.81. The Morgan fingerprint density at radius 3 is 2.46 bits per heavy atom. The van der Waals surface area contributed by atoms with Crippen molar-refractivity contribution in [3.8, 4) is 11.8 Å². The lowest BCUT2D eigenvalue weighted by Gasteiger charge is -2.27. The van der Waals surface area contributed by atoms with Crippen molar-refractivity contribution in [3.05, 3.63) is 65.0 Å². The van der Waals surface area contributed by atoms with Crippen LogP contribution in [-0.2, 0) is 0 Å². The van der Waals surface area contributed by atoms with Gasteiger partial charge in [0.15, 0.2) is 0 Å². The lowest BCUT2D eigenvalue weighted by atomic mass is 9.83. The number of benzene rings is 2. The van der Waals surface area contributed by atoms with Crippen LogP contribution >= 0.6 is 11.8 Å². The van der Waals surface area contributed by atoms with E-state index in [2.05, 4.69) is 30.3 Å². The third-order valence-electron chi connectivity index (χ3n) is 4.17. The molecule has 0 aliphatic carbocycles. The molecule has 1 aliphatic heterocycles. The predicted molar refractivity (Wildman–Crippen MR) is 98.3 cm³/mol. The summed E-state index contributed by atoms with van der Waals surface area (Å²) in [6, 6.07) is 16.5. The van der Waals surface area contributed by atoms with Crippen LogP contribution in [0.25, 0.3) is 0 Å². The van der Waals surface area contributed by atoms with E-state index in [1.54, 1.807) is 11.8 Å². The zero-order chi connectivity index (χ0) is 17.3. The number of fused-ring (bicyclic) bond motifs is 1. The van der Waals surface area contributed by atoms with Gasteiger partial charge in [-0.1, -0.05) is 18.2 Å². The highest BCUT2D eigenvalue weighted by atomic mass is 32.2. The quantitative estimate of drug-likeness (QED) is 0.866. The molecule has 1 heterocycles. The number of allylic oxidation sites excluding steroid dienone is 1. The number of ether oxygens (including phenoxy) is 1. The largest absolute Gasteiger partial charge is 0.440 e. The van der Waals surface area contributed by atoms with E-state index >= 15 is 0 Å². The van der Waals surface area contributed by atoms with E-state index in [0.29, 0.717) is 11.3 Å². The van der Waals surface area contributed by atoms with Crippen molar-refractivity contribution in [1.29, 1.82) is 5.26 Å². The van der Waals surface area contributed by atoms with Gasteiger partial charge < -0.3 is 15.4 Å². The highest BCUT2D eigenvalue weighted by Crippen LogP contribution is 2.43. The fourth-order valence-corrected chi connectivity index (χ4v) is 3.27. The second kappa shape index (κ2) is 6.50. The minimum atomic E-state index is -0.203. The van der Waals surface area contributed by atoms with Crippen LogP contribution in [0, 0.1) is 11.3 Å². The van der Waals surface area contributed by atoms with Gasteiger partial charge in [0.2, 0.25) is 5.88 Å². The summed E-state index contributed by atoms with van der Waals surface area (Å²) in [7, 11) is 3.95. The van der Waals surface area contributed by atoms with Crippen molar-refractivity contribution in [2.45, 2.75) is 10.8 Å². The Hall–Kier alpha value is -2.58. The molecule has 0 radical (unpaired) electrons. The molecule has 2 N–H and O–H groups in total. The fourth-order valence-electron chi connectivity index (χ4n) is 2.86. The Bertz CT molecular complexity index is 835. The zero-order valence-corrected chi connectivity index (χ0v) is 14.7. The van der Waals surface area contributed by atoms with Crippen molar-refractivity contribution in [3.63, 3.8) is 0 Å². The van der Waals surface area contributed by atoms with Crippen LogP contribution in [0.1, 0.15) is 17.0 Å². The van der Waals surface area contributed by atoms with E-state index in [0.717, 1.165) is 16.8 Å². The molecular formula is C19H19N3OS. The van der Waals surface area contributed by atoms with E-state index in [1.807, 2.05) is 43.5 Å². The number of hydrogen-bond donors (Lipinski definition) is 1. The number of thioether (sulfide) groups is 1. The smallest absolute Gasteiger partial charge is 0.205 e. The number of nitriles is 1. The van der Waals surface area contributed by atoms with Crippen LogP contribution in [0.15, 0.2) is 58.8 Å². The summed E-state index contributed by atoms with van der Waals surface area (Å²) >= 11 is 1.69. The maximum atomic E-state index is 9.58. The standard InChI is InChI=1S/C19H19N3OS/c1-22(2)13-6-9-15-17(10-13)23-19(21)16(11-20)18(15)12-4-7-14(24-3)8-5-12/h4-10,18H,21H2,1-3H3. The predicted octanol–water partition coefficient (Wildman–Crippen LogP) is 3.69. The van der Waals surface area contributed by atoms with E-state index in [4.69, 9.17) is 10.5 Å². The Morgan fingerprint density at radius 2 is 1.88 bits per heavy atom. The monoisotopic (exact) mass is 337 g/mol. The molecule has 24 heavy (non-hydrogen) atoms. The molecule has 1 unspecified atom stereocenters. The number of nitrogens with zero attached hydrogens (tertiary/aromatic N) is 2. The normalized spacial score (nSPS) is 16.2. The maximum Gasteiger partial charge on any atom is 0.205 e. The Labute approximate surface area is 146 Å². The summed E-state index contributed by atoms with van der Waals surface area (Å²) in [5, 5.41) is 9.58. The third kappa shape index (κ3) is 2.81. The van der Waals surface area contributed by atoms with Crippen LogP contribution in [0.3, 0.4) is 0 Å². The number of hydrogen-bond acceptors (Lipinski definition) is 5. The van der Waals surface area contributed by atoms with Gasteiger partial charge in [0, 0.05) is 36.3 Å². The van der Waals surface area contributed by atoms with Gasteiger partial charge in [-0.25, -0.2) is 0 Å². The van der Waals surface area contributed by atoms with Crippen LogP contribution < -0.4 is 15.4 Å². The van der Waals surface area contributed by atoms with Crippen LogP contribution in [0.4, 0.5) is 5.69 Å². The molecular weight excluding hydrogens is 318 g/mol. The average molecular weight is 337 g/mol. The lowest BCUT2D eigenvalue weighted by molar-refractivity contribution is 0.394. The molecule has 1 atom stereocenters. The molecule has 4 nitrogen and oxygen atoms in total. The molecule has 0 amide bonds. The topological polar surface area (TPSA) is 62.3 Å². The number of anilines is 1. The van der Waals surface area contributed by atoms with Crippen molar-refractivity contribution in [2.75, 3.05) is 25.3 Å². The number of rotatable bonds is 3. The Morgan fingerprint density at radius 1 is 1.17 bits per heavy atom. The first-order valence-corrected chi connectivity index (χ1v) is 8.80. The van der Waals surface area contributed by atoms with Gasteiger partial charge in [0.1, 0.15) is 17.4 Å². The minimum absolute atomic E-state index is 0.180. The molecule has 0 saturated carbocycles. The van der Waals surface area contributed by atoms with Gasteiger partial charge in [-0.05, 0) is 30.0 Å². The second-order valence-corrected chi connectivity index (χ2v) is 6.69. The molecule has 5 heteroatoms. The first-order valence-electron chi connectivity index (χ1n) is 7.58. The lowest BCUT2D eigenvalue weighted by Crippen LogP contribution is -2.21. The van der Waals surface area contributed by atoms with E-state index in [-0.39, 0.29) is 11.8 Å².